The Kier molecular flexibility index (Phi) is 6.13. The van der Waals surface area contributed by atoms with Gasteiger partial charge in [0.1, 0.15) is 5.82 Å². The van der Waals surface area contributed by atoms with E-state index in [1.165, 1.54) is 23.9 Å². The van der Waals surface area contributed by atoms with Crippen molar-refractivity contribution in [2.45, 2.75) is 23.9 Å². The molecule has 0 fully saturated rings. The summed E-state index contributed by atoms with van der Waals surface area (Å²) in [5.41, 5.74) is 1.47. The number of anilines is 1. The van der Waals surface area contributed by atoms with Crippen molar-refractivity contribution in [2.24, 2.45) is 0 Å². The van der Waals surface area contributed by atoms with Crippen LogP contribution >= 0.6 is 11.8 Å². The minimum Gasteiger partial charge on any atom is -0.323 e. The highest BCUT2D eigenvalue weighted by Crippen LogP contribution is 2.25. The van der Waals surface area contributed by atoms with E-state index in [4.69, 9.17) is 0 Å². The molecule has 1 unspecified atom stereocenters. The third kappa shape index (κ3) is 4.67. The first-order valence-electron chi connectivity index (χ1n) is 9.78. The summed E-state index contributed by atoms with van der Waals surface area (Å²) < 4.78 is 15.5. The van der Waals surface area contributed by atoms with Gasteiger partial charge in [-0.15, -0.1) is 0 Å². The lowest BCUT2D eigenvalue weighted by Crippen LogP contribution is -2.27. The van der Waals surface area contributed by atoms with Gasteiger partial charge in [-0.05, 0) is 36.8 Å². The number of nitrogens with zero attached hydrogens (tertiary/aromatic N) is 2. The Morgan fingerprint density at radius 3 is 2.48 bits per heavy atom. The molecule has 1 aromatic heterocycles. The van der Waals surface area contributed by atoms with Crippen LogP contribution in [0.3, 0.4) is 0 Å². The minimum absolute atomic E-state index is 0.119. The molecule has 1 heterocycles. The van der Waals surface area contributed by atoms with E-state index in [1.54, 1.807) is 41.8 Å². The Morgan fingerprint density at radius 1 is 1.03 bits per heavy atom. The summed E-state index contributed by atoms with van der Waals surface area (Å²) in [5.74, 6) is -0.873. The maximum Gasteiger partial charge on any atom is 0.262 e. The summed E-state index contributed by atoms with van der Waals surface area (Å²) in [6, 6.07) is 22.7. The van der Waals surface area contributed by atoms with Crippen LogP contribution in [0, 0.1) is 5.82 Å². The fraction of sp³-hybridized carbons (Fsp3) is 0.125. The molecule has 0 saturated heterocycles. The second-order valence-electron chi connectivity index (χ2n) is 7.02. The average molecular weight is 434 g/mol. The highest BCUT2D eigenvalue weighted by Gasteiger charge is 2.20. The van der Waals surface area contributed by atoms with Crippen molar-refractivity contribution < 1.29 is 9.18 Å². The quantitative estimate of drug-likeness (QED) is 0.354. The molecule has 0 saturated carbocycles. The molecule has 4 aromatic rings. The van der Waals surface area contributed by atoms with E-state index in [0.29, 0.717) is 22.6 Å². The Bertz CT molecular complexity index is 1290. The van der Waals surface area contributed by atoms with Gasteiger partial charge >= 0.3 is 0 Å². The van der Waals surface area contributed by atoms with Crippen molar-refractivity contribution >= 4 is 34.3 Å². The number of carbonyl (C=O) groups is 1. The number of hydrogen-bond donors (Lipinski definition) is 1. The van der Waals surface area contributed by atoms with Gasteiger partial charge in [0.15, 0.2) is 5.16 Å². The number of carbonyl (C=O) groups excluding carboxylic acids is 1. The first-order valence-corrected chi connectivity index (χ1v) is 10.7. The molecule has 5 nitrogen and oxygen atoms in total. The lowest BCUT2D eigenvalue weighted by molar-refractivity contribution is -0.115. The van der Waals surface area contributed by atoms with E-state index < -0.39 is 11.1 Å². The SMILES string of the molecule is CC(Sc1nc2ccccc2c(=O)n1Cc1ccccc1)C(=O)Nc1ccccc1F. The number of rotatable bonds is 6. The van der Waals surface area contributed by atoms with Crippen LogP contribution in [0.4, 0.5) is 10.1 Å². The first-order chi connectivity index (χ1) is 15.0. The summed E-state index contributed by atoms with van der Waals surface area (Å²) in [6.07, 6.45) is 0. The molecule has 1 atom stereocenters. The number of amides is 1. The zero-order valence-corrected chi connectivity index (χ0v) is 17.6. The van der Waals surface area contributed by atoms with Crippen LogP contribution in [0.2, 0.25) is 0 Å². The summed E-state index contributed by atoms with van der Waals surface area (Å²) in [6.45, 7) is 2.04. The van der Waals surface area contributed by atoms with Gasteiger partial charge in [0.05, 0.1) is 28.4 Å². The van der Waals surface area contributed by atoms with E-state index in [0.717, 1.165) is 5.56 Å². The average Bonchev–Trinajstić information content (AvgIpc) is 2.78. The van der Waals surface area contributed by atoms with Crippen molar-refractivity contribution in [2.75, 3.05) is 5.32 Å². The Balaban J connectivity index is 1.67. The third-order valence-corrected chi connectivity index (χ3v) is 5.88. The van der Waals surface area contributed by atoms with Crippen LogP contribution in [-0.2, 0) is 11.3 Å². The normalized spacial score (nSPS) is 11.9. The summed E-state index contributed by atoms with van der Waals surface area (Å²) >= 11 is 1.17. The predicted octanol–water partition coefficient (Wildman–Crippen LogP) is 4.70. The molecule has 4 rings (SSSR count). The van der Waals surface area contributed by atoms with E-state index in [1.807, 2.05) is 36.4 Å². The minimum atomic E-state index is -0.602. The molecule has 0 aliphatic carbocycles. The van der Waals surface area contributed by atoms with Gasteiger partial charge in [-0.3, -0.25) is 14.2 Å². The fourth-order valence-corrected chi connectivity index (χ4v) is 4.06. The van der Waals surface area contributed by atoms with Gasteiger partial charge in [0.2, 0.25) is 5.91 Å². The number of thioether (sulfide) groups is 1. The molecule has 0 aliphatic rings. The van der Waals surface area contributed by atoms with Crippen LogP contribution in [0.25, 0.3) is 10.9 Å². The summed E-state index contributed by atoms with van der Waals surface area (Å²) in [4.78, 5) is 30.5. The molecule has 0 bridgehead atoms. The van der Waals surface area contributed by atoms with Crippen molar-refractivity contribution in [1.29, 1.82) is 0 Å². The summed E-state index contributed by atoms with van der Waals surface area (Å²) in [5, 5.41) is 2.95. The number of hydrogen-bond acceptors (Lipinski definition) is 4. The van der Waals surface area contributed by atoms with Crippen molar-refractivity contribution in [3.8, 4) is 0 Å². The third-order valence-electron chi connectivity index (χ3n) is 4.79. The lowest BCUT2D eigenvalue weighted by Gasteiger charge is -2.16. The zero-order chi connectivity index (χ0) is 21.8. The molecule has 7 heteroatoms. The molecule has 1 amide bonds. The predicted molar refractivity (Wildman–Crippen MR) is 122 cm³/mol. The van der Waals surface area contributed by atoms with E-state index in [2.05, 4.69) is 10.3 Å². The van der Waals surface area contributed by atoms with Crippen LogP contribution < -0.4 is 10.9 Å². The Hall–Kier alpha value is -3.45. The number of halogens is 1. The highest BCUT2D eigenvalue weighted by atomic mass is 32.2. The maximum atomic E-state index is 13.9. The van der Waals surface area contributed by atoms with Gasteiger partial charge in [0.25, 0.3) is 5.56 Å². The fourth-order valence-electron chi connectivity index (χ4n) is 3.15. The standard InChI is InChI=1S/C24H20FN3O2S/c1-16(22(29)26-21-14-8-6-12-19(21)25)31-24-27-20-13-7-5-11-18(20)23(30)28(24)15-17-9-3-2-4-10-17/h2-14,16H,15H2,1H3,(H,26,29). The largest absolute Gasteiger partial charge is 0.323 e. The van der Waals surface area contributed by atoms with Gasteiger partial charge < -0.3 is 5.32 Å². The second kappa shape index (κ2) is 9.14. The van der Waals surface area contributed by atoms with Gasteiger partial charge in [0, 0.05) is 0 Å². The maximum absolute atomic E-state index is 13.9. The molecule has 31 heavy (non-hydrogen) atoms. The van der Waals surface area contributed by atoms with Crippen molar-refractivity contribution in [3.63, 3.8) is 0 Å². The molecular weight excluding hydrogens is 413 g/mol. The number of fused-ring (bicyclic) bond motifs is 1. The lowest BCUT2D eigenvalue weighted by atomic mass is 10.2. The topological polar surface area (TPSA) is 64.0 Å². The van der Waals surface area contributed by atoms with E-state index in [9.17, 15) is 14.0 Å². The molecule has 0 radical (unpaired) electrons. The Morgan fingerprint density at radius 2 is 1.71 bits per heavy atom. The van der Waals surface area contributed by atoms with E-state index in [-0.39, 0.29) is 17.2 Å². The molecular formula is C24H20FN3O2S. The zero-order valence-electron chi connectivity index (χ0n) is 16.8. The molecule has 0 spiro atoms. The van der Waals surface area contributed by atoms with Gasteiger partial charge in [-0.2, -0.15) is 0 Å². The number of benzene rings is 3. The van der Waals surface area contributed by atoms with Crippen molar-refractivity contribution in [3.05, 3.63) is 101 Å². The highest BCUT2D eigenvalue weighted by molar-refractivity contribution is 8.00. The van der Waals surface area contributed by atoms with E-state index >= 15 is 0 Å². The number of para-hydroxylation sites is 2. The Labute approximate surface area is 182 Å². The monoisotopic (exact) mass is 433 g/mol. The smallest absolute Gasteiger partial charge is 0.262 e. The number of aromatic nitrogens is 2. The van der Waals surface area contributed by atoms with Gasteiger partial charge in [-0.25, -0.2) is 9.37 Å². The molecule has 0 aliphatic heterocycles. The molecule has 1 N–H and O–H groups in total. The molecule has 156 valence electrons. The first kappa shape index (κ1) is 20.8. The summed E-state index contributed by atoms with van der Waals surface area (Å²) in [7, 11) is 0. The number of nitrogens with one attached hydrogen (secondary N) is 1. The van der Waals surface area contributed by atoms with Crippen LogP contribution in [-0.4, -0.2) is 20.7 Å². The van der Waals surface area contributed by atoms with Crippen LogP contribution in [0.1, 0.15) is 12.5 Å². The van der Waals surface area contributed by atoms with Crippen LogP contribution in [0.5, 0.6) is 0 Å². The van der Waals surface area contributed by atoms with Gasteiger partial charge in [-0.1, -0.05) is 66.4 Å². The van der Waals surface area contributed by atoms with Crippen molar-refractivity contribution in [1.82, 2.24) is 9.55 Å². The van der Waals surface area contributed by atoms with Crippen LogP contribution in [0.15, 0.2) is 88.8 Å². The second-order valence-corrected chi connectivity index (χ2v) is 8.33. The molecule has 3 aromatic carbocycles.